The van der Waals surface area contributed by atoms with Crippen molar-refractivity contribution >= 4 is 48.0 Å². The maximum absolute atomic E-state index is 15.2. The molecule has 4 aromatic carbocycles. The Morgan fingerprint density at radius 3 is 2.40 bits per heavy atom. The van der Waals surface area contributed by atoms with Crippen molar-refractivity contribution in [2.24, 2.45) is 5.92 Å². The highest BCUT2D eigenvalue weighted by molar-refractivity contribution is 6.91. The number of nitrogens with one attached hydrogen (secondary N) is 1. The van der Waals surface area contributed by atoms with Crippen molar-refractivity contribution in [3.8, 4) is 5.75 Å². The Balaban J connectivity index is 1.26. The zero-order chi connectivity index (χ0) is 39.1. The molecule has 7 rings (SSSR count). The van der Waals surface area contributed by atoms with E-state index in [1.807, 2.05) is 49.4 Å². The number of fused-ring (bicyclic) bond motifs is 2. The largest absolute Gasteiger partial charge is 0.497 e. The molecule has 0 bridgehead atoms. The number of carbonyl (C=O) groups is 3. The Labute approximate surface area is 321 Å². The first kappa shape index (κ1) is 37.9. The Kier molecular flexibility index (Phi) is 10.4. The monoisotopic (exact) mass is 762 g/mol. The van der Waals surface area contributed by atoms with Crippen LogP contribution in [0.1, 0.15) is 47.7 Å². The van der Waals surface area contributed by atoms with Crippen LogP contribution in [0.25, 0.3) is 0 Å². The van der Waals surface area contributed by atoms with Crippen LogP contribution in [0.5, 0.6) is 5.75 Å². The van der Waals surface area contributed by atoms with Gasteiger partial charge in [0, 0.05) is 41.4 Å². The number of methoxy groups -OCH3 is 1. The molecular weight excluding hydrogens is 717 g/mol. The minimum Gasteiger partial charge on any atom is -0.497 e. The number of hydrogen-bond acceptors (Lipinski definition) is 8. The summed E-state index contributed by atoms with van der Waals surface area (Å²) in [7, 11) is -0.989. The number of nitro benzene ring substituents is 1. The summed E-state index contributed by atoms with van der Waals surface area (Å²) in [5.41, 5.74) is 0.806. The molecule has 1 spiro atoms. The van der Waals surface area contributed by atoms with Gasteiger partial charge in [-0.15, -0.1) is 0 Å². The van der Waals surface area contributed by atoms with E-state index >= 15 is 4.79 Å². The van der Waals surface area contributed by atoms with Gasteiger partial charge in [0.2, 0.25) is 5.91 Å². The highest BCUT2D eigenvalue weighted by Crippen LogP contribution is 2.60. The van der Waals surface area contributed by atoms with Crippen molar-refractivity contribution in [1.29, 1.82) is 0 Å². The van der Waals surface area contributed by atoms with Crippen LogP contribution >= 0.6 is 0 Å². The number of carbonyl (C=O) groups excluding carboxylic acids is 3. The number of aliphatic hydroxyl groups excluding tert-OH is 1. The van der Waals surface area contributed by atoms with Crippen LogP contribution in [0.3, 0.4) is 0 Å². The molecule has 0 aliphatic carbocycles. The number of nitrogens with zero attached hydrogens (tertiary/aromatic N) is 3. The van der Waals surface area contributed by atoms with Gasteiger partial charge in [-0.05, 0) is 66.4 Å². The fourth-order valence-corrected chi connectivity index (χ4v) is 13.1. The lowest BCUT2D eigenvalue weighted by atomic mass is 9.82. The zero-order valence-corrected chi connectivity index (χ0v) is 32.4. The first-order valence-electron chi connectivity index (χ1n) is 18.7. The van der Waals surface area contributed by atoms with Gasteiger partial charge < -0.3 is 29.7 Å². The van der Waals surface area contributed by atoms with Crippen molar-refractivity contribution in [3.63, 3.8) is 0 Å². The summed E-state index contributed by atoms with van der Waals surface area (Å²) in [6.07, 6.45) is 0.834. The molecule has 13 heteroatoms. The summed E-state index contributed by atoms with van der Waals surface area (Å²) in [6.45, 7) is 6.97. The average molecular weight is 763 g/mol. The van der Waals surface area contributed by atoms with Crippen molar-refractivity contribution in [1.82, 2.24) is 4.90 Å². The van der Waals surface area contributed by atoms with Crippen LogP contribution in [-0.2, 0) is 26.5 Å². The van der Waals surface area contributed by atoms with Gasteiger partial charge in [-0.1, -0.05) is 67.7 Å². The van der Waals surface area contributed by atoms with Gasteiger partial charge in [-0.3, -0.25) is 24.5 Å². The third kappa shape index (κ3) is 6.81. The standard InChI is InChI=1S/C42H46N4O8Si/c1-27-39(55(3,4)34-19-17-33(53-2)18-20-34)37(24-38(48)44-22-8-11-32(44)26-47)54-42(27)35-23-31(46(51)52)16-21-36(35)45(41(42)50)25-28-12-14-30(15-13-28)43-40(49)29-9-6-5-7-10-29/h5-7,9-10,12-21,23,27,32,37,39,47H,8,11,22,24-26H2,1-4H3,(H,43,49)/t27-,32+,37+,39-,42+/m1/s1. The second-order valence-corrected chi connectivity index (χ2v) is 20.0. The number of benzene rings is 4. The average Bonchev–Trinajstić information content (AvgIpc) is 3.86. The Morgan fingerprint density at radius 2 is 1.75 bits per heavy atom. The van der Waals surface area contributed by atoms with Gasteiger partial charge in [-0.25, -0.2) is 0 Å². The van der Waals surface area contributed by atoms with Gasteiger partial charge in [0.05, 0.1) is 57.5 Å². The Bertz CT molecular complexity index is 2090. The zero-order valence-electron chi connectivity index (χ0n) is 31.4. The fraction of sp³-hybridized carbons (Fsp3) is 0.357. The maximum atomic E-state index is 15.2. The first-order chi connectivity index (χ1) is 26.4. The first-order valence-corrected chi connectivity index (χ1v) is 21.8. The van der Waals surface area contributed by atoms with E-state index in [4.69, 9.17) is 9.47 Å². The fourth-order valence-electron chi connectivity index (χ4n) is 9.08. The number of hydrogen-bond donors (Lipinski definition) is 2. The minimum absolute atomic E-state index is 0.00749. The van der Waals surface area contributed by atoms with Crippen LogP contribution < -0.4 is 20.1 Å². The van der Waals surface area contributed by atoms with Crippen LogP contribution in [0, 0.1) is 16.0 Å². The normalized spacial score (nSPS) is 23.3. The summed E-state index contributed by atoms with van der Waals surface area (Å²) in [4.78, 5) is 57.0. The van der Waals surface area contributed by atoms with E-state index in [9.17, 15) is 24.8 Å². The predicted molar refractivity (Wildman–Crippen MR) is 211 cm³/mol. The topological polar surface area (TPSA) is 152 Å². The second-order valence-electron chi connectivity index (χ2n) is 15.3. The summed E-state index contributed by atoms with van der Waals surface area (Å²) in [6, 6.07) is 28.2. The van der Waals surface area contributed by atoms with Crippen molar-refractivity contribution in [2.75, 3.05) is 30.5 Å². The number of rotatable bonds is 11. The number of ether oxygens (including phenoxy) is 2. The van der Waals surface area contributed by atoms with Gasteiger partial charge in [-0.2, -0.15) is 0 Å². The molecule has 3 amide bonds. The lowest BCUT2D eigenvalue weighted by Gasteiger charge is -2.37. The van der Waals surface area contributed by atoms with Crippen molar-refractivity contribution in [3.05, 3.63) is 124 Å². The van der Waals surface area contributed by atoms with Crippen LogP contribution in [-0.4, -0.2) is 73.1 Å². The summed E-state index contributed by atoms with van der Waals surface area (Å²) in [5, 5.41) is 26.2. The molecule has 2 fully saturated rings. The molecule has 2 N–H and O–H groups in total. The van der Waals surface area contributed by atoms with Gasteiger partial charge in [0.25, 0.3) is 17.5 Å². The highest BCUT2D eigenvalue weighted by Gasteiger charge is 2.67. The van der Waals surface area contributed by atoms with Crippen molar-refractivity contribution in [2.45, 2.75) is 69.1 Å². The number of amides is 3. The molecule has 0 unspecified atom stereocenters. The predicted octanol–water partition coefficient (Wildman–Crippen LogP) is 5.99. The molecule has 55 heavy (non-hydrogen) atoms. The minimum atomic E-state index is -2.60. The molecular formula is C42H46N4O8Si. The van der Waals surface area contributed by atoms with E-state index in [0.717, 1.165) is 17.2 Å². The van der Waals surface area contributed by atoms with E-state index < -0.39 is 30.6 Å². The lowest BCUT2D eigenvalue weighted by molar-refractivity contribution is -0.385. The number of nitro groups is 1. The number of likely N-dealkylation sites (tertiary alicyclic amines) is 1. The Hall–Kier alpha value is -5.37. The molecule has 3 aliphatic heterocycles. The van der Waals surface area contributed by atoms with Gasteiger partial charge in [0.1, 0.15) is 5.75 Å². The van der Waals surface area contributed by atoms with Gasteiger partial charge in [0.15, 0.2) is 5.60 Å². The van der Waals surface area contributed by atoms with Crippen LogP contribution in [0.4, 0.5) is 17.1 Å². The number of aliphatic hydroxyl groups is 1. The SMILES string of the molecule is COc1ccc([Si](C)(C)[C@H]2[C@H](CC(=O)N3CCC[C@H]3CO)O[C@@]3(C(=O)N(Cc4ccc(NC(=O)c5ccccc5)cc4)c4ccc([N+](=O)[O-])cc43)[C@@H]2C)cc1. The third-order valence-corrected chi connectivity index (χ3v) is 16.3. The van der Waals surface area contributed by atoms with E-state index in [1.54, 1.807) is 59.4 Å². The molecule has 2 saturated heterocycles. The molecule has 0 aromatic heterocycles. The lowest BCUT2D eigenvalue weighted by Crippen LogP contribution is -2.52. The summed E-state index contributed by atoms with van der Waals surface area (Å²) >= 11 is 0. The van der Waals surface area contributed by atoms with E-state index in [1.165, 1.54) is 12.1 Å². The molecule has 286 valence electrons. The van der Waals surface area contributed by atoms with E-state index in [0.29, 0.717) is 41.2 Å². The van der Waals surface area contributed by atoms with Gasteiger partial charge >= 0.3 is 0 Å². The molecule has 0 radical (unpaired) electrons. The second kappa shape index (κ2) is 15.0. The maximum Gasteiger partial charge on any atom is 0.269 e. The summed E-state index contributed by atoms with van der Waals surface area (Å²) < 4.78 is 12.5. The van der Waals surface area contributed by atoms with E-state index in [-0.39, 0.29) is 54.6 Å². The number of non-ortho nitro benzene ring substituents is 1. The third-order valence-electron chi connectivity index (χ3n) is 11.9. The molecule has 5 atom stereocenters. The summed E-state index contributed by atoms with van der Waals surface area (Å²) in [5.74, 6) is -0.489. The molecule has 4 aromatic rings. The molecule has 12 nitrogen and oxygen atoms in total. The Morgan fingerprint density at radius 1 is 1.04 bits per heavy atom. The number of anilines is 2. The van der Waals surface area contributed by atoms with Crippen LogP contribution in [0.2, 0.25) is 18.6 Å². The van der Waals surface area contributed by atoms with E-state index in [2.05, 4.69) is 18.4 Å². The quantitative estimate of drug-likeness (QED) is 0.107. The highest BCUT2D eigenvalue weighted by atomic mass is 28.3. The molecule has 3 heterocycles. The van der Waals surface area contributed by atoms with Crippen molar-refractivity contribution < 1.29 is 33.9 Å². The molecule has 3 aliphatic rings. The molecule has 0 saturated carbocycles. The van der Waals surface area contributed by atoms with Crippen LogP contribution in [0.15, 0.2) is 97.1 Å². The smallest absolute Gasteiger partial charge is 0.269 e.